The van der Waals surface area contributed by atoms with Crippen LogP contribution < -0.4 is 10.1 Å². The molecule has 1 aliphatic heterocycles. The lowest BCUT2D eigenvalue weighted by Crippen LogP contribution is -2.29. The van der Waals surface area contributed by atoms with Crippen molar-refractivity contribution in [2.75, 3.05) is 32.1 Å². The second-order valence-electron chi connectivity index (χ2n) is 6.30. The van der Waals surface area contributed by atoms with Gasteiger partial charge in [0.05, 0.1) is 5.69 Å². The van der Waals surface area contributed by atoms with Gasteiger partial charge in [0.25, 0.3) is 0 Å². The molecule has 0 radical (unpaired) electrons. The zero-order chi connectivity index (χ0) is 13.2. The fourth-order valence-corrected chi connectivity index (χ4v) is 2.51. The standard InChI is InChI=1S/C15H24N2O/c1-15(2,3)11-17(4)10-12-6-5-7-13-14(12)18-9-8-16-13/h5-7,16H,8-11H2,1-4H3. The van der Waals surface area contributed by atoms with Crippen molar-refractivity contribution < 1.29 is 4.74 Å². The van der Waals surface area contributed by atoms with Crippen LogP contribution in [0.25, 0.3) is 0 Å². The highest BCUT2D eigenvalue weighted by Gasteiger charge is 2.17. The molecule has 0 atom stereocenters. The van der Waals surface area contributed by atoms with E-state index in [1.165, 1.54) is 5.56 Å². The molecule has 1 aliphatic rings. The van der Waals surface area contributed by atoms with Gasteiger partial charge in [0.1, 0.15) is 12.4 Å². The summed E-state index contributed by atoms with van der Waals surface area (Å²) in [4.78, 5) is 2.35. The molecule has 100 valence electrons. The Bertz CT molecular complexity index is 409. The van der Waals surface area contributed by atoms with E-state index < -0.39 is 0 Å². The van der Waals surface area contributed by atoms with Crippen LogP contribution in [-0.4, -0.2) is 31.6 Å². The minimum absolute atomic E-state index is 0.322. The fraction of sp³-hybridized carbons (Fsp3) is 0.600. The molecule has 0 aromatic heterocycles. The van der Waals surface area contributed by atoms with Gasteiger partial charge >= 0.3 is 0 Å². The number of anilines is 1. The normalized spacial score (nSPS) is 14.9. The molecule has 3 heteroatoms. The van der Waals surface area contributed by atoms with E-state index in [-0.39, 0.29) is 0 Å². The van der Waals surface area contributed by atoms with E-state index >= 15 is 0 Å². The van der Waals surface area contributed by atoms with Crippen molar-refractivity contribution in [1.82, 2.24) is 4.90 Å². The summed E-state index contributed by atoms with van der Waals surface area (Å²) < 4.78 is 5.80. The van der Waals surface area contributed by atoms with Gasteiger partial charge in [0, 0.05) is 25.2 Å². The monoisotopic (exact) mass is 248 g/mol. The zero-order valence-electron chi connectivity index (χ0n) is 11.9. The van der Waals surface area contributed by atoms with Crippen LogP contribution in [0.2, 0.25) is 0 Å². The third-order valence-corrected chi connectivity index (χ3v) is 2.95. The molecule has 0 saturated carbocycles. The van der Waals surface area contributed by atoms with Gasteiger partial charge in [-0.15, -0.1) is 0 Å². The Morgan fingerprint density at radius 1 is 1.33 bits per heavy atom. The molecule has 0 amide bonds. The Morgan fingerprint density at radius 2 is 2.11 bits per heavy atom. The first-order valence-electron chi connectivity index (χ1n) is 6.63. The van der Waals surface area contributed by atoms with Crippen molar-refractivity contribution in [3.63, 3.8) is 0 Å². The number of nitrogens with zero attached hydrogens (tertiary/aromatic N) is 1. The summed E-state index contributed by atoms with van der Waals surface area (Å²) in [5.74, 6) is 1.03. The van der Waals surface area contributed by atoms with Crippen LogP contribution in [0, 0.1) is 5.41 Å². The van der Waals surface area contributed by atoms with Gasteiger partial charge in [0.15, 0.2) is 0 Å². The largest absolute Gasteiger partial charge is 0.489 e. The number of benzene rings is 1. The third kappa shape index (κ3) is 3.39. The fourth-order valence-electron chi connectivity index (χ4n) is 2.51. The highest BCUT2D eigenvalue weighted by Crippen LogP contribution is 2.32. The number of hydrogen-bond donors (Lipinski definition) is 1. The average molecular weight is 248 g/mol. The minimum Gasteiger partial charge on any atom is -0.489 e. The van der Waals surface area contributed by atoms with Crippen molar-refractivity contribution in [3.05, 3.63) is 23.8 Å². The predicted molar refractivity (Wildman–Crippen MR) is 76.2 cm³/mol. The summed E-state index contributed by atoms with van der Waals surface area (Å²) in [6, 6.07) is 6.34. The topological polar surface area (TPSA) is 24.5 Å². The Kier molecular flexibility index (Phi) is 3.81. The molecule has 1 aromatic rings. The number of fused-ring (bicyclic) bond motifs is 1. The predicted octanol–water partition coefficient (Wildman–Crippen LogP) is 2.97. The van der Waals surface area contributed by atoms with E-state index in [1.54, 1.807) is 0 Å². The molecule has 0 fully saturated rings. The number of hydrogen-bond acceptors (Lipinski definition) is 3. The first-order valence-corrected chi connectivity index (χ1v) is 6.63. The molecule has 1 aromatic carbocycles. The lowest BCUT2D eigenvalue weighted by molar-refractivity contribution is 0.217. The average Bonchev–Trinajstić information content (AvgIpc) is 2.27. The smallest absolute Gasteiger partial charge is 0.146 e. The maximum Gasteiger partial charge on any atom is 0.146 e. The lowest BCUT2D eigenvalue weighted by atomic mass is 9.96. The summed E-state index contributed by atoms with van der Waals surface area (Å²) in [6.45, 7) is 10.5. The maximum absolute atomic E-state index is 5.80. The highest BCUT2D eigenvalue weighted by atomic mass is 16.5. The summed E-state index contributed by atoms with van der Waals surface area (Å²) in [6.07, 6.45) is 0. The molecule has 3 nitrogen and oxygen atoms in total. The van der Waals surface area contributed by atoms with Gasteiger partial charge in [0.2, 0.25) is 0 Å². The van der Waals surface area contributed by atoms with Crippen molar-refractivity contribution in [3.8, 4) is 5.75 Å². The Labute approximate surface area is 110 Å². The van der Waals surface area contributed by atoms with Gasteiger partial charge < -0.3 is 15.0 Å². The van der Waals surface area contributed by atoms with E-state index in [4.69, 9.17) is 4.74 Å². The number of para-hydroxylation sites is 1. The van der Waals surface area contributed by atoms with Crippen LogP contribution in [0.3, 0.4) is 0 Å². The number of rotatable bonds is 3. The van der Waals surface area contributed by atoms with Crippen LogP contribution in [0.5, 0.6) is 5.75 Å². The van der Waals surface area contributed by atoms with Gasteiger partial charge in [-0.05, 0) is 18.5 Å². The van der Waals surface area contributed by atoms with Crippen LogP contribution >= 0.6 is 0 Å². The molecule has 1 N–H and O–H groups in total. The molecular formula is C15H24N2O. The molecule has 0 unspecified atom stereocenters. The van der Waals surface area contributed by atoms with Gasteiger partial charge in [-0.3, -0.25) is 0 Å². The van der Waals surface area contributed by atoms with Gasteiger partial charge in [-0.2, -0.15) is 0 Å². The number of nitrogens with one attached hydrogen (secondary N) is 1. The first kappa shape index (κ1) is 13.2. The maximum atomic E-state index is 5.80. The quantitative estimate of drug-likeness (QED) is 0.890. The molecule has 0 bridgehead atoms. The molecule has 1 heterocycles. The molecule has 0 saturated heterocycles. The molecular weight excluding hydrogens is 224 g/mol. The van der Waals surface area contributed by atoms with E-state index in [0.29, 0.717) is 5.41 Å². The van der Waals surface area contributed by atoms with Crippen molar-refractivity contribution in [1.29, 1.82) is 0 Å². The van der Waals surface area contributed by atoms with E-state index in [2.05, 4.69) is 56.2 Å². The third-order valence-electron chi connectivity index (χ3n) is 2.95. The summed E-state index contributed by atoms with van der Waals surface area (Å²) in [7, 11) is 2.17. The minimum atomic E-state index is 0.322. The Morgan fingerprint density at radius 3 is 2.83 bits per heavy atom. The van der Waals surface area contributed by atoms with Crippen molar-refractivity contribution in [2.24, 2.45) is 5.41 Å². The van der Waals surface area contributed by atoms with E-state index in [9.17, 15) is 0 Å². The van der Waals surface area contributed by atoms with Crippen LogP contribution in [-0.2, 0) is 6.54 Å². The van der Waals surface area contributed by atoms with Gasteiger partial charge in [-0.1, -0.05) is 32.9 Å². The summed E-state index contributed by atoms with van der Waals surface area (Å²) >= 11 is 0. The Hall–Kier alpha value is -1.22. The first-order chi connectivity index (χ1) is 8.46. The van der Waals surface area contributed by atoms with E-state index in [1.807, 2.05) is 0 Å². The van der Waals surface area contributed by atoms with E-state index in [0.717, 1.165) is 37.7 Å². The van der Waals surface area contributed by atoms with Crippen molar-refractivity contribution in [2.45, 2.75) is 27.3 Å². The second-order valence-corrected chi connectivity index (χ2v) is 6.30. The van der Waals surface area contributed by atoms with Crippen LogP contribution in [0.4, 0.5) is 5.69 Å². The molecule has 2 rings (SSSR count). The van der Waals surface area contributed by atoms with Gasteiger partial charge in [-0.25, -0.2) is 0 Å². The summed E-state index contributed by atoms with van der Waals surface area (Å²) in [5.41, 5.74) is 2.72. The molecule has 18 heavy (non-hydrogen) atoms. The SMILES string of the molecule is CN(Cc1cccc2c1OCCN2)CC(C)(C)C. The van der Waals surface area contributed by atoms with Crippen LogP contribution in [0.1, 0.15) is 26.3 Å². The molecule has 0 aliphatic carbocycles. The molecule has 0 spiro atoms. The summed E-state index contributed by atoms with van der Waals surface area (Å²) in [5, 5.41) is 3.38. The highest BCUT2D eigenvalue weighted by molar-refractivity contribution is 5.61. The second kappa shape index (κ2) is 5.19. The lowest BCUT2D eigenvalue weighted by Gasteiger charge is -2.28. The van der Waals surface area contributed by atoms with Crippen molar-refractivity contribution >= 4 is 5.69 Å². The Balaban J connectivity index is 2.09. The number of ether oxygens (including phenoxy) is 1. The van der Waals surface area contributed by atoms with Crippen LogP contribution in [0.15, 0.2) is 18.2 Å². The zero-order valence-corrected chi connectivity index (χ0v) is 11.9.